The number of nitrogens with zero attached hydrogens (tertiary/aromatic N) is 2. The van der Waals surface area contributed by atoms with Crippen molar-refractivity contribution in [1.82, 2.24) is 20.2 Å². The first-order valence-electron chi connectivity index (χ1n) is 9.33. The minimum absolute atomic E-state index is 0.00585. The molecule has 2 aromatic rings. The molecule has 0 radical (unpaired) electrons. The zero-order valence-corrected chi connectivity index (χ0v) is 17.7. The maximum absolute atomic E-state index is 13.0. The molecule has 0 unspecified atom stereocenters. The number of aromatic nitrogens is 2. The maximum Gasteiger partial charge on any atom is 0.321 e. The van der Waals surface area contributed by atoms with Crippen LogP contribution in [0.15, 0.2) is 22.6 Å². The molecule has 0 aromatic carbocycles. The Morgan fingerprint density at radius 3 is 2.93 bits per heavy atom. The molecule has 3 rings (SSSR count). The summed E-state index contributed by atoms with van der Waals surface area (Å²) in [6.07, 6.45) is 5.41. The van der Waals surface area contributed by atoms with Gasteiger partial charge in [-0.15, -0.1) is 17.9 Å². The van der Waals surface area contributed by atoms with Gasteiger partial charge in [0.15, 0.2) is 5.16 Å². The van der Waals surface area contributed by atoms with Crippen molar-refractivity contribution in [3.05, 3.63) is 33.4 Å². The first-order valence-corrected chi connectivity index (χ1v) is 11.1. The zero-order valence-electron chi connectivity index (χ0n) is 16.0. The number of rotatable bonds is 7. The summed E-state index contributed by atoms with van der Waals surface area (Å²) in [4.78, 5) is 43.5. The van der Waals surface area contributed by atoms with Crippen molar-refractivity contribution in [3.8, 4) is 0 Å². The zero-order chi connectivity index (χ0) is 20.3. The highest BCUT2D eigenvalue weighted by Gasteiger charge is 2.23. The monoisotopic (exact) mass is 420 g/mol. The van der Waals surface area contributed by atoms with Gasteiger partial charge in [-0.25, -0.2) is 9.78 Å². The van der Waals surface area contributed by atoms with Crippen molar-refractivity contribution in [2.45, 2.75) is 57.3 Å². The molecule has 1 aliphatic rings. The number of carbonyl (C=O) groups excluding carboxylic acids is 2. The SMILES string of the molecule is C=CCn1c(SCC(=O)NC(=O)N[C@@H](C)CC)nc2sc3c(c2c1=O)CCC3. The molecule has 1 aliphatic carbocycles. The molecule has 2 aromatic heterocycles. The largest absolute Gasteiger partial charge is 0.335 e. The molecule has 150 valence electrons. The van der Waals surface area contributed by atoms with Crippen molar-refractivity contribution >= 4 is 45.3 Å². The number of thioether (sulfide) groups is 1. The van der Waals surface area contributed by atoms with E-state index in [4.69, 9.17) is 0 Å². The lowest BCUT2D eigenvalue weighted by Crippen LogP contribution is -2.44. The number of nitrogens with one attached hydrogen (secondary N) is 2. The number of aryl methyl sites for hydroxylation is 2. The van der Waals surface area contributed by atoms with Gasteiger partial charge in [0.2, 0.25) is 5.91 Å². The number of imide groups is 1. The minimum Gasteiger partial charge on any atom is -0.335 e. The van der Waals surface area contributed by atoms with Gasteiger partial charge >= 0.3 is 6.03 Å². The smallest absolute Gasteiger partial charge is 0.321 e. The molecule has 0 aliphatic heterocycles. The van der Waals surface area contributed by atoms with E-state index < -0.39 is 11.9 Å². The Morgan fingerprint density at radius 2 is 2.21 bits per heavy atom. The average molecular weight is 421 g/mol. The summed E-state index contributed by atoms with van der Waals surface area (Å²) in [5.41, 5.74) is 1.05. The average Bonchev–Trinajstić information content (AvgIpc) is 3.23. The van der Waals surface area contributed by atoms with Gasteiger partial charge in [-0.05, 0) is 38.2 Å². The van der Waals surface area contributed by atoms with Crippen molar-refractivity contribution in [1.29, 1.82) is 0 Å². The fraction of sp³-hybridized carbons (Fsp3) is 0.474. The maximum atomic E-state index is 13.0. The van der Waals surface area contributed by atoms with E-state index in [1.54, 1.807) is 22.0 Å². The van der Waals surface area contributed by atoms with Crippen LogP contribution < -0.4 is 16.2 Å². The van der Waals surface area contributed by atoms with Gasteiger partial charge in [0, 0.05) is 17.5 Å². The van der Waals surface area contributed by atoms with Gasteiger partial charge in [0.25, 0.3) is 5.56 Å². The predicted octanol–water partition coefficient (Wildman–Crippen LogP) is 2.85. The second-order valence-electron chi connectivity index (χ2n) is 6.76. The quantitative estimate of drug-likeness (QED) is 0.408. The third-order valence-corrected chi connectivity index (χ3v) is 6.84. The number of fused-ring (bicyclic) bond motifs is 3. The van der Waals surface area contributed by atoms with Crippen LogP contribution in [0.4, 0.5) is 4.79 Å². The van der Waals surface area contributed by atoms with Crippen molar-refractivity contribution < 1.29 is 9.59 Å². The van der Waals surface area contributed by atoms with Crippen LogP contribution in [-0.4, -0.2) is 33.3 Å². The predicted molar refractivity (Wildman–Crippen MR) is 113 cm³/mol. The van der Waals surface area contributed by atoms with E-state index in [0.717, 1.165) is 47.8 Å². The second kappa shape index (κ2) is 8.91. The number of urea groups is 1. The van der Waals surface area contributed by atoms with Gasteiger partial charge < -0.3 is 5.32 Å². The van der Waals surface area contributed by atoms with Crippen molar-refractivity contribution in [2.24, 2.45) is 0 Å². The Kier molecular flexibility index (Phi) is 6.56. The molecule has 3 amide bonds. The number of carbonyl (C=O) groups is 2. The van der Waals surface area contributed by atoms with Crippen LogP contribution in [0.3, 0.4) is 0 Å². The molecule has 28 heavy (non-hydrogen) atoms. The number of allylic oxidation sites excluding steroid dienone is 1. The minimum atomic E-state index is -0.512. The van der Waals surface area contributed by atoms with Crippen LogP contribution in [0.2, 0.25) is 0 Å². The van der Waals surface area contributed by atoms with Crippen LogP contribution >= 0.6 is 23.1 Å². The number of amides is 3. The Labute approximate surface area is 171 Å². The van der Waals surface area contributed by atoms with Crippen LogP contribution in [0.25, 0.3) is 10.2 Å². The number of thiophene rings is 1. The number of hydrogen-bond donors (Lipinski definition) is 2. The molecule has 0 saturated heterocycles. The molecule has 0 bridgehead atoms. The van der Waals surface area contributed by atoms with E-state index in [0.29, 0.717) is 17.1 Å². The normalized spacial score (nSPS) is 13.9. The number of hydrogen-bond acceptors (Lipinski definition) is 6. The lowest BCUT2D eigenvalue weighted by Gasteiger charge is -2.12. The Hall–Kier alpha value is -2.13. The summed E-state index contributed by atoms with van der Waals surface area (Å²) < 4.78 is 1.55. The van der Waals surface area contributed by atoms with Crippen LogP contribution in [0.1, 0.15) is 37.1 Å². The van der Waals surface area contributed by atoms with Crippen LogP contribution in [0.5, 0.6) is 0 Å². The summed E-state index contributed by atoms with van der Waals surface area (Å²) in [7, 11) is 0. The third kappa shape index (κ3) is 4.30. The molecule has 9 heteroatoms. The van der Waals surface area contributed by atoms with E-state index in [-0.39, 0.29) is 17.4 Å². The first-order chi connectivity index (χ1) is 13.4. The summed E-state index contributed by atoms with van der Waals surface area (Å²) in [5.74, 6) is -0.437. The lowest BCUT2D eigenvalue weighted by atomic mass is 10.2. The Morgan fingerprint density at radius 1 is 1.43 bits per heavy atom. The van der Waals surface area contributed by atoms with E-state index in [9.17, 15) is 14.4 Å². The van der Waals surface area contributed by atoms with Crippen molar-refractivity contribution in [3.63, 3.8) is 0 Å². The molecule has 0 spiro atoms. The van der Waals surface area contributed by atoms with E-state index in [1.165, 1.54) is 4.88 Å². The molecule has 0 fully saturated rings. The van der Waals surface area contributed by atoms with E-state index >= 15 is 0 Å². The summed E-state index contributed by atoms with van der Waals surface area (Å²) in [6.45, 7) is 7.86. The highest BCUT2D eigenvalue weighted by Crippen LogP contribution is 2.35. The summed E-state index contributed by atoms with van der Waals surface area (Å²) in [6, 6.07) is -0.524. The first kappa shape index (κ1) is 20.6. The van der Waals surface area contributed by atoms with Crippen molar-refractivity contribution in [2.75, 3.05) is 5.75 Å². The molecule has 7 nitrogen and oxygen atoms in total. The van der Waals surface area contributed by atoms with Gasteiger partial charge in [-0.2, -0.15) is 0 Å². The van der Waals surface area contributed by atoms with E-state index in [1.807, 2.05) is 13.8 Å². The fourth-order valence-corrected chi connectivity index (χ4v) is 5.22. The molecule has 2 heterocycles. The van der Waals surface area contributed by atoms with Gasteiger partial charge in [0.1, 0.15) is 4.83 Å². The standard InChI is InChI=1S/C19H24N4O3S2/c1-4-9-23-17(25)15-12-7-6-8-13(12)28-16(15)22-19(23)27-10-14(24)21-18(26)20-11(3)5-2/h4,11H,1,5-10H2,2-3H3,(H2,20,21,24,26)/t11-/m0/s1. The molecular weight excluding hydrogens is 396 g/mol. The highest BCUT2D eigenvalue weighted by atomic mass is 32.2. The second-order valence-corrected chi connectivity index (χ2v) is 8.78. The fourth-order valence-electron chi connectivity index (χ4n) is 3.11. The topological polar surface area (TPSA) is 93.1 Å². The summed E-state index contributed by atoms with van der Waals surface area (Å²) in [5, 5.41) is 6.17. The van der Waals surface area contributed by atoms with Crippen LogP contribution in [-0.2, 0) is 24.2 Å². The Balaban J connectivity index is 1.78. The Bertz CT molecular complexity index is 980. The molecular formula is C19H24N4O3S2. The molecule has 1 atom stereocenters. The summed E-state index contributed by atoms with van der Waals surface area (Å²) >= 11 is 2.72. The third-order valence-electron chi connectivity index (χ3n) is 4.68. The van der Waals surface area contributed by atoms with Gasteiger partial charge in [-0.3, -0.25) is 19.5 Å². The molecule has 2 N–H and O–H groups in total. The lowest BCUT2D eigenvalue weighted by molar-refractivity contribution is -0.117. The highest BCUT2D eigenvalue weighted by molar-refractivity contribution is 7.99. The molecule has 0 saturated carbocycles. The van der Waals surface area contributed by atoms with Gasteiger partial charge in [-0.1, -0.05) is 24.8 Å². The van der Waals surface area contributed by atoms with E-state index in [2.05, 4.69) is 22.2 Å². The van der Waals surface area contributed by atoms with Crippen LogP contribution in [0, 0.1) is 0 Å². The van der Waals surface area contributed by atoms with Gasteiger partial charge in [0.05, 0.1) is 11.1 Å².